The van der Waals surface area contributed by atoms with E-state index in [4.69, 9.17) is 0 Å². The first-order valence-corrected chi connectivity index (χ1v) is 9.65. The third-order valence-electron chi connectivity index (χ3n) is 4.53. The summed E-state index contributed by atoms with van der Waals surface area (Å²) in [4.78, 5) is 21.9. The Morgan fingerprint density at radius 2 is 2.04 bits per heavy atom. The number of thiophene rings is 1. The molecular formula is C18H20N6O2S. The van der Waals surface area contributed by atoms with Gasteiger partial charge in [-0.05, 0) is 23.6 Å². The fourth-order valence-electron chi connectivity index (χ4n) is 3.08. The minimum atomic E-state index is -0.656. The van der Waals surface area contributed by atoms with E-state index in [0.29, 0.717) is 18.8 Å². The molecule has 1 N–H and O–H groups in total. The Bertz CT molecular complexity index is 874. The van der Waals surface area contributed by atoms with Gasteiger partial charge in [-0.2, -0.15) is 0 Å². The van der Waals surface area contributed by atoms with Crippen molar-refractivity contribution in [2.24, 2.45) is 0 Å². The number of carbonyl (C=O) groups is 1. The van der Waals surface area contributed by atoms with Crippen molar-refractivity contribution in [3.63, 3.8) is 0 Å². The lowest BCUT2D eigenvalue weighted by Crippen LogP contribution is -2.49. The van der Waals surface area contributed by atoms with Crippen molar-refractivity contribution in [2.75, 3.05) is 31.1 Å². The van der Waals surface area contributed by atoms with Crippen LogP contribution in [-0.2, 0) is 6.54 Å². The average molecular weight is 384 g/mol. The molecule has 1 atom stereocenters. The summed E-state index contributed by atoms with van der Waals surface area (Å²) in [7, 11) is 0. The number of aliphatic hydroxyl groups excluding tert-OH is 1. The monoisotopic (exact) mass is 384 g/mol. The molecule has 27 heavy (non-hydrogen) atoms. The first kappa shape index (κ1) is 17.6. The van der Waals surface area contributed by atoms with E-state index >= 15 is 0 Å². The molecule has 4 heterocycles. The first-order chi connectivity index (χ1) is 13.2. The van der Waals surface area contributed by atoms with Gasteiger partial charge in [-0.1, -0.05) is 17.3 Å². The summed E-state index contributed by atoms with van der Waals surface area (Å²) in [5.41, 5.74) is 0.305. The van der Waals surface area contributed by atoms with Crippen LogP contribution >= 0.6 is 11.3 Å². The van der Waals surface area contributed by atoms with E-state index in [1.807, 2.05) is 35.7 Å². The van der Waals surface area contributed by atoms with Crippen LogP contribution in [0.5, 0.6) is 0 Å². The average Bonchev–Trinajstić information content (AvgIpc) is 3.40. The van der Waals surface area contributed by atoms with Crippen LogP contribution in [0.1, 0.15) is 21.5 Å². The molecule has 9 heteroatoms. The smallest absolute Gasteiger partial charge is 0.276 e. The highest BCUT2D eigenvalue weighted by Gasteiger charge is 2.25. The fraction of sp³-hybridized carbons (Fsp3) is 0.333. The van der Waals surface area contributed by atoms with Gasteiger partial charge in [0.15, 0.2) is 5.69 Å². The third kappa shape index (κ3) is 3.99. The first-order valence-electron chi connectivity index (χ1n) is 8.77. The van der Waals surface area contributed by atoms with Crippen LogP contribution in [0.3, 0.4) is 0 Å². The van der Waals surface area contributed by atoms with Gasteiger partial charge >= 0.3 is 0 Å². The normalized spacial score (nSPS) is 15.7. The molecule has 0 unspecified atom stereocenters. The number of aromatic nitrogens is 4. The Morgan fingerprint density at radius 1 is 1.19 bits per heavy atom. The molecular weight excluding hydrogens is 364 g/mol. The van der Waals surface area contributed by atoms with Crippen molar-refractivity contribution < 1.29 is 9.90 Å². The number of pyridine rings is 1. The van der Waals surface area contributed by atoms with Crippen LogP contribution in [0.25, 0.3) is 0 Å². The maximum absolute atomic E-state index is 12.7. The Morgan fingerprint density at radius 3 is 2.74 bits per heavy atom. The van der Waals surface area contributed by atoms with E-state index in [1.165, 1.54) is 16.0 Å². The van der Waals surface area contributed by atoms with Crippen molar-refractivity contribution in [3.05, 3.63) is 58.7 Å². The summed E-state index contributed by atoms with van der Waals surface area (Å²) in [5, 5.41) is 20.1. The lowest BCUT2D eigenvalue weighted by atomic mass is 10.2. The lowest BCUT2D eigenvalue weighted by Gasteiger charge is -2.35. The van der Waals surface area contributed by atoms with Gasteiger partial charge in [-0.3, -0.25) is 4.79 Å². The highest BCUT2D eigenvalue weighted by Crippen LogP contribution is 2.20. The Labute approximate surface area is 160 Å². The predicted molar refractivity (Wildman–Crippen MR) is 102 cm³/mol. The zero-order chi connectivity index (χ0) is 18.6. The predicted octanol–water partition coefficient (Wildman–Crippen LogP) is 1.43. The SMILES string of the molecule is O=C(c1cn(C[C@H](O)c2cccs2)nn1)N1CCN(c2ccccn2)CC1. The Hall–Kier alpha value is -2.78. The molecule has 140 valence electrons. The molecule has 0 bridgehead atoms. The van der Waals surface area contributed by atoms with Crippen LogP contribution in [0, 0.1) is 0 Å². The van der Waals surface area contributed by atoms with E-state index in [2.05, 4.69) is 20.2 Å². The number of rotatable bonds is 5. The van der Waals surface area contributed by atoms with E-state index in [0.717, 1.165) is 23.8 Å². The van der Waals surface area contributed by atoms with Crippen molar-refractivity contribution in [2.45, 2.75) is 12.6 Å². The van der Waals surface area contributed by atoms with Crippen molar-refractivity contribution in [3.8, 4) is 0 Å². The molecule has 3 aromatic rings. The zero-order valence-electron chi connectivity index (χ0n) is 14.7. The molecule has 0 aliphatic carbocycles. The minimum Gasteiger partial charge on any atom is -0.386 e. The molecule has 1 aliphatic rings. The topological polar surface area (TPSA) is 87.4 Å². The Balaban J connectivity index is 1.34. The number of amides is 1. The van der Waals surface area contributed by atoms with Crippen LogP contribution in [0.2, 0.25) is 0 Å². The van der Waals surface area contributed by atoms with Gasteiger partial charge in [0, 0.05) is 37.3 Å². The molecule has 1 aliphatic heterocycles. The number of hydrogen-bond acceptors (Lipinski definition) is 7. The van der Waals surface area contributed by atoms with Crippen LogP contribution < -0.4 is 4.90 Å². The van der Waals surface area contributed by atoms with E-state index in [1.54, 1.807) is 17.3 Å². The van der Waals surface area contributed by atoms with Gasteiger partial charge in [0.1, 0.15) is 11.9 Å². The molecule has 0 aromatic carbocycles. The zero-order valence-corrected chi connectivity index (χ0v) is 15.5. The summed E-state index contributed by atoms with van der Waals surface area (Å²) < 4.78 is 1.52. The van der Waals surface area contributed by atoms with E-state index < -0.39 is 6.10 Å². The number of hydrogen-bond donors (Lipinski definition) is 1. The summed E-state index contributed by atoms with van der Waals surface area (Å²) in [6, 6.07) is 9.59. The van der Waals surface area contributed by atoms with Gasteiger partial charge in [0.25, 0.3) is 5.91 Å². The summed E-state index contributed by atoms with van der Waals surface area (Å²) in [6.07, 6.45) is 2.72. The standard InChI is InChI=1S/C18H20N6O2S/c25-15(16-4-3-11-27-16)13-24-12-14(20-21-24)18(26)23-9-7-22(8-10-23)17-5-1-2-6-19-17/h1-6,11-12,15,25H,7-10,13H2/t15-/m0/s1. The van der Waals surface area contributed by atoms with E-state index in [-0.39, 0.29) is 12.5 Å². The number of anilines is 1. The van der Waals surface area contributed by atoms with Crippen molar-refractivity contribution in [1.82, 2.24) is 24.9 Å². The van der Waals surface area contributed by atoms with Gasteiger partial charge in [-0.15, -0.1) is 16.4 Å². The van der Waals surface area contributed by atoms with Gasteiger partial charge < -0.3 is 14.9 Å². The highest BCUT2D eigenvalue weighted by atomic mass is 32.1. The quantitative estimate of drug-likeness (QED) is 0.716. The maximum Gasteiger partial charge on any atom is 0.276 e. The van der Waals surface area contributed by atoms with Crippen molar-refractivity contribution in [1.29, 1.82) is 0 Å². The summed E-state index contributed by atoms with van der Waals surface area (Å²) in [6.45, 7) is 2.95. The second kappa shape index (κ2) is 7.85. The minimum absolute atomic E-state index is 0.132. The number of nitrogens with zero attached hydrogens (tertiary/aromatic N) is 6. The molecule has 1 fully saturated rings. The number of piperazine rings is 1. The maximum atomic E-state index is 12.7. The molecule has 0 spiro atoms. The highest BCUT2D eigenvalue weighted by molar-refractivity contribution is 7.10. The second-order valence-electron chi connectivity index (χ2n) is 6.32. The molecule has 3 aromatic heterocycles. The van der Waals surface area contributed by atoms with Crippen molar-refractivity contribution >= 4 is 23.1 Å². The van der Waals surface area contributed by atoms with Crippen LogP contribution in [0.15, 0.2) is 48.1 Å². The van der Waals surface area contributed by atoms with Crippen LogP contribution in [0.4, 0.5) is 5.82 Å². The fourth-order valence-corrected chi connectivity index (χ4v) is 3.78. The Kier molecular flexibility index (Phi) is 5.12. The van der Waals surface area contributed by atoms with Crippen LogP contribution in [-0.4, -0.2) is 62.1 Å². The summed E-state index contributed by atoms with van der Waals surface area (Å²) in [5.74, 6) is 0.797. The summed E-state index contributed by atoms with van der Waals surface area (Å²) >= 11 is 1.49. The molecule has 0 radical (unpaired) electrons. The van der Waals surface area contributed by atoms with E-state index in [9.17, 15) is 9.90 Å². The van der Waals surface area contributed by atoms with Gasteiger partial charge in [-0.25, -0.2) is 9.67 Å². The number of aliphatic hydroxyl groups is 1. The van der Waals surface area contributed by atoms with Gasteiger partial charge in [0.2, 0.25) is 0 Å². The molecule has 1 amide bonds. The third-order valence-corrected chi connectivity index (χ3v) is 5.50. The molecule has 1 saturated heterocycles. The lowest BCUT2D eigenvalue weighted by molar-refractivity contribution is 0.0740. The number of carbonyl (C=O) groups excluding carboxylic acids is 1. The molecule has 0 saturated carbocycles. The van der Waals surface area contributed by atoms with Gasteiger partial charge in [0.05, 0.1) is 12.7 Å². The largest absolute Gasteiger partial charge is 0.386 e. The molecule has 4 rings (SSSR count). The second-order valence-corrected chi connectivity index (χ2v) is 7.30. The molecule has 8 nitrogen and oxygen atoms in total.